The van der Waals surface area contributed by atoms with Crippen LogP contribution in [0.15, 0.2) is 181 Å². The monoisotopic (exact) mass is 787 g/mol. The molecule has 0 amide bonds. The highest BCUT2D eigenvalue weighted by Gasteiger charge is 2.39. The minimum absolute atomic E-state index is 0.0943. The van der Waals surface area contributed by atoms with Crippen LogP contribution in [-0.2, 0) is 11.8 Å². The summed E-state index contributed by atoms with van der Waals surface area (Å²) >= 11 is 0. The second-order valence-electron chi connectivity index (χ2n) is 17.8. The molecule has 5 aliphatic carbocycles. The van der Waals surface area contributed by atoms with Gasteiger partial charge in [0.25, 0.3) is 0 Å². The SMILES string of the molecule is CC.CC1(C)c2cc(-n3c4ccc(C5=CC=C(C6=CCCC=C6)CC5)cc4c4cc(-c5ccc(-c6ccccc6)cc5)ccc43)ccc2-c2c1ccc1c2CC2=C1CCC=C2. The summed E-state index contributed by atoms with van der Waals surface area (Å²) in [6, 6.07) is 46.3. The van der Waals surface area contributed by atoms with Gasteiger partial charge in [0.2, 0.25) is 0 Å². The molecule has 0 saturated carbocycles. The maximum absolute atomic E-state index is 2.53. The van der Waals surface area contributed by atoms with Gasteiger partial charge in [0, 0.05) is 21.9 Å². The average molecular weight is 788 g/mol. The summed E-state index contributed by atoms with van der Waals surface area (Å²) in [5.74, 6) is 0. The van der Waals surface area contributed by atoms with E-state index < -0.39 is 0 Å². The molecule has 1 heteroatoms. The van der Waals surface area contributed by atoms with E-state index in [4.69, 9.17) is 0 Å². The largest absolute Gasteiger partial charge is 0.309 e. The Kier molecular flexibility index (Phi) is 9.19. The van der Waals surface area contributed by atoms with Gasteiger partial charge in [0.1, 0.15) is 0 Å². The molecule has 0 N–H and O–H groups in total. The number of rotatable bonds is 5. The summed E-state index contributed by atoms with van der Waals surface area (Å²) in [6.45, 7) is 8.87. The molecule has 61 heavy (non-hydrogen) atoms. The number of hydrogen-bond acceptors (Lipinski definition) is 0. The van der Waals surface area contributed by atoms with Crippen molar-refractivity contribution in [1.29, 1.82) is 0 Å². The number of aromatic nitrogens is 1. The number of fused-ring (bicyclic) bond motifs is 9. The van der Waals surface area contributed by atoms with E-state index in [0.717, 1.165) is 44.9 Å². The first-order valence-electron chi connectivity index (χ1n) is 22.7. The predicted octanol–water partition coefficient (Wildman–Crippen LogP) is 16.5. The Hall–Kier alpha value is -6.44. The Labute approximate surface area is 361 Å². The van der Waals surface area contributed by atoms with Gasteiger partial charge in [-0.05, 0) is 170 Å². The highest BCUT2D eigenvalue weighted by atomic mass is 15.0. The molecular formula is C60H53N. The Morgan fingerprint density at radius 3 is 1.92 bits per heavy atom. The third-order valence-electron chi connectivity index (χ3n) is 14.1. The van der Waals surface area contributed by atoms with Crippen LogP contribution >= 0.6 is 0 Å². The summed E-state index contributed by atoms with van der Waals surface area (Å²) in [5, 5.41) is 2.60. The third kappa shape index (κ3) is 6.12. The number of benzene rings is 6. The van der Waals surface area contributed by atoms with Crippen LogP contribution in [0, 0.1) is 0 Å². The highest BCUT2D eigenvalue weighted by Crippen LogP contribution is 2.55. The van der Waals surface area contributed by atoms with Crippen molar-refractivity contribution in [3.05, 3.63) is 208 Å². The van der Waals surface area contributed by atoms with E-state index in [1.807, 2.05) is 13.8 Å². The standard InChI is InChI=1S/C58H47N.C2H6/c1-58(2)53-30-29-48-47-16-10-9-15-45(47)35-52(48)57(53)49-28-27-46(36-54(49)58)59-55-31-25-43(41-21-17-39(18-22-41)37-11-5-3-6-12-37)33-50(55)51-34-44(26-32-56(51)59)42-23-19-40(20-24-42)38-13-7-4-8-14-38;1-2/h3,5-7,9,11-15,17-19,21-23,25-34,36H,4,8,10,16,20,24,35H2,1-2H3;1-2H3. The molecule has 0 fully saturated rings. The van der Waals surface area contributed by atoms with Gasteiger partial charge in [-0.15, -0.1) is 0 Å². The van der Waals surface area contributed by atoms with Gasteiger partial charge in [-0.2, -0.15) is 0 Å². The van der Waals surface area contributed by atoms with Crippen LogP contribution in [0.2, 0.25) is 0 Å². The van der Waals surface area contributed by atoms with Crippen molar-refractivity contribution < 1.29 is 0 Å². The van der Waals surface area contributed by atoms with E-state index >= 15 is 0 Å². The topological polar surface area (TPSA) is 4.93 Å². The molecular weight excluding hydrogens is 735 g/mol. The predicted molar refractivity (Wildman–Crippen MR) is 261 cm³/mol. The molecule has 1 heterocycles. The van der Waals surface area contributed by atoms with Crippen molar-refractivity contribution in [1.82, 2.24) is 4.57 Å². The minimum Gasteiger partial charge on any atom is -0.309 e. The second-order valence-corrected chi connectivity index (χ2v) is 17.8. The molecule has 0 spiro atoms. The molecule has 12 rings (SSSR count). The average Bonchev–Trinajstić information content (AvgIpc) is 3.95. The first-order valence-corrected chi connectivity index (χ1v) is 22.7. The molecule has 0 radical (unpaired) electrons. The van der Waals surface area contributed by atoms with Gasteiger partial charge in [-0.25, -0.2) is 0 Å². The second kappa shape index (κ2) is 14.9. The van der Waals surface area contributed by atoms with Gasteiger partial charge in [-0.3, -0.25) is 0 Å². The molecule has 7 aromatic rings. The Balaban J connectivity index is 0.00000207. The Morgan fingerprint density at radius 1 is 0.525 bits per heavy atom. The summed E-state index contributed by atoms with van der Waals surface area (Å²) in [4.78, 5) is 0. The maximum Gasteiger partial charge on any atom is 0.0541 e. The third-order valence-corrected chi connectivity index (χ3v) is 14.1. The molecule has 6 aromatic carbocycles. The first-order chi connectivity index (χ1) is 30.0. The first kappa shape index (κ1) is 37.6. The number of allylic oxidation sites excluding steroid dienone is 12. The van der Waals surface area contributed by atoms with Crippen LogP contribution in [0.1, 0.15) is 94.0 Å². The molecule has 1 aromatic heterocycles. The van der Waals surface area contributed by atoms with E-state index in [9.17, 15) is 0 Å². The van der Waals surface area contributed by atoms with Crippen molar-refractivity contribution in [2.75, 3.05) is 0 Å². The molecule has 0 unspecified atom stereocenters. The van der Waals surface area contributed by atoms with Crippen molar-refractivity contribution in [2.45, 2.75) is 78.1 Å². The molecule has 298 valence electrons. The summed E-state index contributed by atoms with van der Waals surface area (Å²) in [5.41, 5.74) is 26.1. The summed E-state index contributed by atoms with van der Waals surface area (Å²) < 4.78 is 2.53. The van der Waals surface area contributed by atoms with Crippen molar-refractivity contribution in [2.24, 2.45) is 0 Å². The quantitative estimate of drug-likeness (QED) is 0.164. The van der Waals surface area contributed by atoms with Crippen LogP contribution in [0.3, 0.4) is 0 Å². The normalized spacial score (nSPS) is 17.0. The lowest BCUT2D eigenvalue weighted by Gasteiger charge is -2.23. The van der Waals surface area contributed by atoms with Gasteiger partial charge in [-0.1, -0.05) is 155 Å². The fourth-order valence-electron chi connectivity index (χ4n) is 11.0. The molecule has 0 saturated heterocycles. The summed E-state index contributed by atoms with van der Waals surface area (Å²) in [6.07, 6.45) is 24.3. The van der Waals surface area contributed by atoms with E-state index in [1.54, 1.807) is 11.1 Å². The fraction of sp³-hybridized carbons (Fsp3) is 0.200. The molecule has 0 atom stereocenters. The Morgan fingerprint density at radius 2 is 1.18 bits per heavy atom. The molecule has 0 aliphatic heterocycles. The fourth-order valence-corrected chi connectivity index (χ4v) is 11.0. The van der Waals surface area contributed by atoms with Crippen LogP contribution in [0.25, 0.3) is 72.0 Å². The molecule has 5 aliphatic rings. The number of nitrogens with zero attached hydrogens (tertiary/aromatic N) is 1. The van der Waals surface area contributed by atoms with Crippen LogP contribution in [-0.4, -0.2) is 4.57 Å². The zero-order valence-electron chi connectivity index (χ0n) is 36.0. The smallest absolute Gasteiger partial charge is 0.0541 e. The van der Waals surface area contributed by atoms with Gasteiger partial charge in [0.15, 0.2) is 0 Å². The maximum atomic E-state index is 2.53. The molecule has 1 nitrogen and oxygen atoms in total. The van der Waals surface area contributed by atoms with Crippen LogP contribution < -0.4 is 0 Å². The van der Waals surface area contributed by atoms with E-state index in [2.05, 4.69) is 182 Å². The zero-order valence-corrected chi connectivity index (χ0v) is 36.0. The highest BCUT2D eigenvalue weighted by molar-refractivity contribution is 6.11. The van der Waals surface area contributed by atoms with Crippen molar-refractivity contribution in [3.8, 4) is 39.1 Å². The van der Waals surface area contributed by atoms with Crippen LogP contribution in [0.5, 0.6) is 0 Å². The van der Waals surface area contributed by atoms with Gasteiger partial charge in [0.05, 0.1) is 11.0 Å². The van der Waals surface area contributed by atoms with E-state index in [0.29, 0.717) is 0 Å². The van der Waals surface area contributed by atoms with Crippen molar-refractivity contribution >= 4 is 33.0 Å². The summed E-state index contributed by atoms with van der Waals surface area (Å²) in [7, 11) is 0. The lowest BCUT2D eigenvalue weighted by molar-refractivity contribution is 0.659. The van der Waals surface area contributed by atoms with Gasteiger partial charge >= 0.3 is 0 Å². The Bertz CT molecular complexity index is 3110. The molecule has 0 bridgehead atoms. The zero-order chi connectivity index (χ0) is 41.2. The van der Waals surface area contributed by atoms with E-state index in [1.165, 1.54) is 105 Å². The van der Waals surface area contributed by atoms with Crippen LogP contribution in [0.4, 0.5) is 0 Å². The lowest BCUT2D eigenvalue weighted by atomic mass is 9.81. The van der Waals surface area contributed by atoms with E-state index in [-0.39, 0.29) is 5.41 Å². The van der Waals surface area contributed by atoms with Crippen molar-refractivity contribution in [3.63, 3.8) is 0 Å². The van der Waals surface area contributed by atoms with Gasteiger partial charge < -0.3 is 4.57 Å². The minimum atomic E-state index is -0.0943. The number of hydrogen-bond donors (Lipinski definition) is 0. The lowest BCUT2D eigenvalue weighted by Crippen LogP contribution is -2.15.